The Morgan fingerprint density at radius 3 is 2.25 bits per heavy atom. The van der Waals surface area contributed by atoms with Crippen molar-refractivity contribution in [2.24, 2.45) is 11.7 Å². The number of hydrogen-bond acceptors (Lipinski definition) is 2. The van der Waals surface area contributed by atoms with Gasteiger partial charge in [-0.2, -0.15) is 0 Å². The molecular weight excluding hydrogens is 198 g/mol. The van der Waals surface area contributed by atoms with E-state index in [4.69, 9.17) is 10.5 Å². The Bertz CT molecular complexity index is 139. The molecule has 0 saturated heterocycles. The summed E-state index contributed by atoms with van der Waals surface area (Å²) in [5, 5.41) is 0. The number of ether oxygens (including phenoxy) is 1. The third kappa shape index (κ3) is 9.17. The van der Waals surface area contributed by atoms with Crippen LogP contribution in [-0.2, 0) is 4.74 Å². The van der Waals surface area contributed by atoms with Crippen LogP contribution in [0.5, 0.6) is 0 Å². The highest BCUT2D eigenvalue weighted by molar-refractivity contribution is 4.66. The van der Waals surface area contributed by atoms with Crippen LogP contribution in [0.25, 0.3) is 0 Å². The minimum Gasteiger partial charge on any atom is -0.380 e. The number of unbranched alkanes of at least 4 members (excludes halogenated alkanes) is 5. The maximum Gasteiger partial charge on any atom is 0.0620 e. The predicted molar refractivity (Wildman–Crippen MR) is 71.6 cm³/mol. The summed E-state index contributed by atoms with van der Waals surface area (Å²) in [5.74, 6) is 0.574. The second-order valence-corrected chi connectivity index (χ2v) is 4.89. The molecule has 0 aromatic carbocycles. The van der Waals surface area contributed by atoms with Crippen molar-refractivity contribution in [3.8, 4) is 0 Å². The first kappa shape index (κ1) is 15.9. The lowest BCUT2D eigenvalue weighted by molar-refractivity contribution is 0.103. The van der Waals surface area contributed by atoms with Gasteiger partial charge < -0.3 is 10.5 Å². The molecule has 0 aliphatic rings. The van der Waals surface area contributed by atoms with Crippen LogP contribution in [0.1, 0.15) is 65.7 Å². The van der Waals surface area contributed by atoms with Gasteiger partial charge >= 0.3 is 0 Å². The Balaban J connectivity index is 3.14. The molecule has 0 aromatic heterocycles. The number of hydrogen-bond donors (Lipinski definition) is 1. The van der Waals surface area contributed by atoms with Crippen molar-refractivity contribution in [1.82, 2.24) is 0 Å². The highest BCUT2D eigenvalue weighted by Gasteiger charge is 2.09. The van der Waals surface area contributed by atoms with Gasteiger partial charge in [-0.25, -0.2) is 0 Å². The molecule has 0 heterocycles. The second kappa shape index (κ2) is 11.4. The average molecular weight is 229 g/mol. The van der Waals surface area contributed by atoms with Gasteiger partial charge in [0.15, 0.2) is 0 Å². The molecule has 2 nitrogen and oxygen atoms in total. The van der Waals surface area contributed by atoms with E-state index < -0.39 is 0 Å². The summed E-state index contributed by atoms with van der Waals surface area (Å²) in [6.45, 7) is 8.23. The third-order valence-corrected chi connectivity index (χ3v) is 3.33. The van der Waals surface area contributed by atoms with Crippen molar-refractivity contribution >= 4 is 0 Å². The van der Waals surface area contributed by atoms with E-state index in [9.17, 15) is 0 Å². The van der Waals surface area contributed by atoms with Gasteiger partial charge in [-0.15, -0.1) is 0 Å². The van der Waals surface area contributed by atoms with Crippen LogP contribution in [0.4, 0.5) is 0 Å². The molecule has 2 N–H and O–H groups in total. The van der Waals surface area contributed by atoms with Crippen molar-refractivity contribution in [3.63, 3.8) is 0 Å². The Labute approximate surface area is 102 Å². The fourth-order valence-electron chi connectivity index (χ4n) is 1.67. The van der Waals surface area contributed by atoms with E-state index in [1.54, 1.807) is 0 Å². The molecule has 0 fully saturated rings. The zero-order valence-electron chi connectivity index (χ0n) is 11.5. The van der Waals surface area contributed by atoms with E-state index in [1.807, 2.05) is 0 Å². The SMILES string of the molecule is CCCCCCCCOCC(N)C(C)CC. The molecule has 2 atom stereocenters. The topological polar surface area (TPSA) is 35.2 Å². The van der Waals surface area contributed by atoms with Gasteiger partial charge in [0.25, 0.3) is 0 Å². The molecule has 0 aliphatic carbocycles. The van der Waals surface area contributed by atoms with Crippen molar-refractivity contribution in [3.05, 3.63) is 0 Å². The van der Waals surface area contributed by atoms with Crippen molar-refractivity contribution in [2.45, 2.75) is 71.8 Å². The summed E-state index contributed by atoms with van der Waals surface area (Å²) in [7, 11) is 0. The van der Waals surface area contributed by atoms with Crippen LogP contribution in [0.15, 0.2) is 0 Å². The fraction of sp³-hybridized carbons (Fsp3) is 1.00. The summed E-state index contributed by atoms with van der Waals surface area (Å²) in [6.07, 6.45) is 9.06. The Kier molecular flexibility index (Phi) is 11.3. The van der Waals surface area contributed by atoms with Crippen molar-refractivity contribution in [1.29, 1.82) is 0 Å². The fourth-order valence-corrected chi connectivity index (χ4v) is 1.67. The lowest BCUT2D eigenvalue weighted by Crippen LogP contribution is -2.33. The molecule has 0 rings (SSSR count). The molecule has 0 aromatic rings. The van der Waals surface area contributed by atoms with Crippen LogP contribution >= 0.6 is 0 Å². The van der Waals surface area contributed by atoms with Gasteiger partial charge in [0.1, 0.15) is 0 Å². The van der Waals surface area contributed by atoms with E-state index in [1.165, 1.54) is 38.5 Å². The van der Waals surface area contributed by atoms with Gasteiger partial charge in [0.05, 0.1) is 6.61 Å². The molecule has 0 spiro atoms. The normalized spacial score (nSPS) is 15.0. The highest BCUT2D eigenvalue weighted by Crippen LogP contribution is 2.07. The molecule has 2 unspecified atom stereocenters. The quantitative estimate of drug-likeness (QED) is 0.548. The molecule has 0 amide bonds. The van der Waals surface area contributed by atoms with Crippen LogP contribution in [0.3, 0.4) is 0 Å². The van der Waals surface area contributed by atoms with Crippen molar-refractivity contribution < 1.29 is 4.74 Å². The highest BCUT2D eigenvalue weighted by atomic mass is 16.5. The van der Waals surface area contributed by atoms with E-state index in [0.717, 1.165) is 19.6 Å². The molecule has 0 bridgehead atoms. The van der Waals surface area contributed by atoms with Gasteiger partial charge in [0, 0.05) is 12.6 Å². The largest absolute Gasteiger partial charge is 0.380 e. The van der Waals surface area contributed by atoms with E-state index in [-0.39, 0.29) is 6.04 Å². The first-order valence-corrected chi connectivity index (χ1v) is 7.05. The van der Waals surface area contributed by atoms with Gasteiger partial charge in [-0.3, -0.25) is 0 Å². The Morgan fingerprint density at radius 1 is 1.00 bits per heavy atom. The summed E-state index contributed by atoms with van der Waals surface area (Å²) >= 11 is 0. The second-order valence-electron chi connectivity index (χ2n) is 4.89. The summed E-state index contributed by atoms with van der Waals surface area (Å²) in [5.41, 5.74) is 5.98. The third-order valence-electron chi connectivity index (χ3n) is 3.33. The number of rotatable bonds is 11. The summed E-state index contributed by atoms with van der Waals surface area (Å²) in [6, 6.07) is 0.213. The summed E-state index contributed by atoms with van der Waals surface area (Å²) in [4.78, 5) is 0. The maximum atomic E-state index is 5.98. The molecule has 0 radical (unpaired) electrons. The van der Waals surface area contributed by atoms with Crippen LogP contribution in [0.2, 0.25) is 0 Å². The maximum absolute atomic E-state index is 5.98. The minimum absolute atomic E-state index is 0.213. The standard InChI is InChI=1S/C14H31NO/c1-4-6-7-8-9-10-11-16-12-14(15)13(3)5-2/h13-14H,4-12,15H2,1-3H3. The van der Waals surface area contributed by atoms with Crippen molar-refractivity contribution in [2.75, 3.05) is 13.2 Å². The molecule has 98 valence electrons. The zero-order chi connectivity index (χ0) is 12.2. The first-order chi connectivity index (χ1) is 7.72. The molecular formula is C14H31NO. The summed E-state index contributed by atoms with van der Waals surface area (Å²) < 4.78 is 5.60. The van der Waals surface area contributed by atoms with E-state index in [2.05, 4.69) is 20.8 Å². The monoisotopic (exact) mass is 229 g/mol. The smallest absolute Gasteiger partial charge is 0.0620 e. The Morgan fingerprint density at radius 2 is 1.62 bits per heavy atom. The molecule has 2 heteroatoms. The van der Waals surface area contributed by atoms with Crippen LogP contribution < -0.4 is 5.73 Å². The van der Waals surface area contributed by atoms with Crippen LogP contribution in [-0.4, -0.2) is 19.3 Å². The molecule has 0 aliphatic heterocycles. The van der Waals surface area contributed by atoms with E-state index >= 15 is 0 Å². The predicted octanol–water partition coefficient (Wildman–Crippen LogP) is 3.74. The minimum atomic E-state index is 0.213. The molecule has 16 heavy (non-hydrogen) atoms. The zero-order valence-corrected chi connectivity index (χ0v) is 11.5. The van der Waals surface area contributed by atoms with E-state index in [0.29, 0.717) is 5.92 Å². The average Bonchev–Trinajstić information content (AvgIpc) is 2.31. The lowest BCUT2D eigenvalue weighted by Gasteiger charge is -2.18. The van der Waals surface area contributed by atoms with Crippen LogP contribution in [0, 0.1) is 5.92 Å². The number of nitrogens with two attached hydrogens (primary N) is 1. The molecule has 0 saturated carbocycles. The van der Waals surface area contributed by atoms with Gasteiger partial charge in [-0.05, 0) is 12.3 Å². The van der Waals surface area contributed by atoms with Gasteiger partial charge in [0.2, 0.25) is 0 Å². The first-order valence-electron chi connectivity index (χ1n) is 7.05. The Hall–Kier alpha value is -0.0800. The van der Waals surface area contributed by atoms with Gasteiger partial charge in [-0.1, -0.05) is 59.3 Å². The lowest BCUT2D eigenvalue weighted by atomic mass is 10.0.